The number of hydrogen-bond donors (Lipinski definition) is 1. The van der Waals surface area contributed by atoms with Gasteiger partial charge in [-0.3, -0.25) is 0 Å². The summed E-state index contributed by atoms with van der Waals surface area (Å²) in [6.07, 6.45) is 0. The number of nitrogens with zero attached hydrogens (tertiary/aromatic N) is 1. The summed E-state index contributed by atoms with van der Waals surface area (Å²) in [4.78, 5) is 0.548. The maximum Gasteiger partial charge on any atom is 0.206 e. The van der Waals surface area contributed by atoms with Gasteiger partial charge >= 0.3 is 0 Å². The fraction of sp³-hybridized carbons (Fsp3) is 0.0769. The van der Waals surface area contributed by atoms with Gasteiger partial charge in [-0.05, 0) is 82.9 Å². The van der Waals surface area contributed by atoms with E-state index < -0.39 is 9.84 Å². The second-order valence-corrected chi connectivity index (χ2v) is 13.9. The lowest BCUT2D eigenvalue weighted by molar-refractivity contribution is 0.596. The fourth-order valence-corrected chi connectivity index (χ4v) is 8.17. The third-order valence-electron chi connectivity index (χ3n) is 9.02. The first kappa shape index (κ1) is 26.5. The summed E-state index contributed by atoms with van der Waals surface area (Å²) in [6, 6.07) is 45.8. The van der Waals surface area contributed by atoms with Gasteiger partial charge < -0.3 is 9.88 Å². The molecule has 0 unspecified atom stereocenters. The van der Waals surface area contributed by atoms with Crippen molar-refractivity contribution in [3.8, 4) is 16.8 Å². The van der Waals surface area contributed by atoms with E-state index in [0.29, 0.717) is 0 Å². The van der Waals surface area contributed by atoms with Gasteiger partial charge in [-0.25, -0.2) is 8.42 Å². The van der Waals surface area contributed by atoms with E-state index in [-0.39, 0.29) is 15.2 Å². The van der Waals surface area contributed by atoms with Gasteiger partial charge in [0.15, 0.2) is 0 Å². The Balaban J connectivity index is 1.14. The van der Waals surface area contributed by atoms with Crippen LogP contribution >= 0.6 is 0 Å². The van der Waals surface area contributed by atoms with Crippen molar-refractivity contribution < 1.29 is 8.42 Å². The Bertz CT molecular complexity index is 2280. The molecule has 0 bridgehead atoms. The number of rotatable bonds is 4. The first-order valence-electron chi connectivity index (χ1n) is 14.8. The van der Waals surface area contributed by atoms with E-state index in [4.69, 9.17) is 0 Å². The molecule has 7 aromatic rings. The molecule has 44 heavy (non-hydrogen) atoms. The highest BCUT2D eigenvalue weighted by Gasteiger charge is 2.34. The van der Waals surface area contributed by atoms with Gasteiger partial charge in [0.2, 0.25) is 9.84 Å². The molecule has 1 N–H and O–H groups in total. The second kappa shape index (κ2) is 9.69. The second-order valence-electron chi connectivity index (χ2n) is 11.9. The van der Waals surface area contributed by atoms with Gasteiger partial charge in [0, 0.05) is 33.2 Å². The topological polar surface area (TPSA) is 51.1 Å². The first-order chi connectivity index (χ1) is 21.3. The molecule has 1 aliphatic heterocycles. The quantitative estimate of drug-likeness (QED) is 0.222. The lowest BCUT2D eigenvalue weighted by Crippen LogP contribution is -2.26. The van der Waals surface area contributed by atoms with Crippen LogP contribution < -0.4 is 5.32 Å². The summed E-state index contributed by atoms with van der Waals surface area (Å²) >= 11 is 0. The van der Waals surface area contributed by atoms with Crippen molar-refractivity contribution in [1.29, 1.82) is 0 Å². The molecule has 0 radical (unpaired) electrons. The van der Waals surface area contributed by atoms with E-state index in [1.165, 1.54) is 21.9 Å². The van der Waals surface area contributed by atoms with Crippen molar-refractivity contribution in [2.75, 3.05) is 5.32 Å². The average molecular weight is 591 g/mol. The Morgan fingerprint density at radius 1 is 0.568 bits per heavy atom. The maximum absolute atomic E-state index is 13.8. The van der Waals surface area contributed by atoms with Crippen LogP contribution in [0.5, 0.6) is 0 Å². The van der Waals surface area contributed by atoms with Gasteiger partial charge in [-0.2, -0.15) is 0 Å². The van der Waals surface area contributed by atoms with Crippen molar-refractivity contribution in [3.05, 3.63) is 151 Å². The zero-order valence-electron chi connectivity index (χ0n) is 24.5. The third kappa shape index (κ3) is 3.93. The van der Waals surface area contributed by atoms with Gasteiger partial charge in [-0.1, -0.05) is 92.7 Å². The lowest BCUT2D eigenvalue weighted by atomic mass is 9.71. The van der Waals surface area contributed by atoms with E-state index in [1.54, 1.807) is 24.3 Å². The summed E-state index contributed by atoms with van der Waals surface area (Å²) in [7, 11) is -3.71. The lowest BCUT2D eigenvalue weighted by Gasteiger charge is -2.37. The maximum atomic E-state index is 13.8. The molecular formula is C39H30N2O2S. The van der Waals surface area contributed by atoms with Crippen molar-refractivity contribution in [2.24, 2.45) is 0 Å². The predicted octanol–water partition coefficient (Wildman–Crippen LogP) is 9.67. The Hall–Kier alpha value is -5.13. The molecule has 0 saturated heterocycles. The zero-order chi connectivity index (χ0) is 30.1. The van der Waals surface area contributed by atoms with Crippen LogP contribution in [-0.4, -0.2) is 13.0 Å². The Morgan fingerprint density at radius 3 is 1.77 bits per heavy atom. The van der Waals surface area contributed by atoms with E-state index >= 15 is 0 Å². The van der Waals surface area contributed by atoms with E-state index in [2.05, 4.69) is 84.4 Å². The van der Waals surface area contributed by atoms with E-state index in [0.717, 1.165) is 39.2 Å². The number of aromatic nitrogens is 1. The number of benzene rings is 6. The molecule has 6 aromatic carbocycles. The first-order valence-corrected chi connectivity index (χ1v) is 16.3. The minimum Gasteiger partial charge on any atom is -0.355 e. The molecule has 5 heteroatoms. The summed E-state index contributed by atoms with van der Waals surface area (Å²) in [5.74, 6) is 0. The number of anilines is 2. The Kier molecular flexibility index (Phi) is 5.84. The van der Waals surface area contributed by atoms with Gasteiger partial charge in [0.05, 0.1) is 20.8 Å². The molecule has 0 aliphatic carbocycles. The third-order valence-corrected chi connectivity index (χ3v) is 10.8. The molecule has 1 aliphatic rings. The van der Waals surface area contributed by atoms with E-state index in [9.17, 15) is 8.42 Å². The zero-order valence-corrected chi connectivity index (χ0v) is 25.3. The SMILES string of the molecule is CC1(C)c2ccccc2Nc2cccc(-c3ccc(S(=O)(=O)c4ccc(-n5c6ccccc6c6ccccc65)cc4)cc3)c21. The van der Waals surface area contributed by atoms with Crippen molar-refractivity contribution >= 4 is 43.0 Å². The molecule has 2 heterocycles. The number of para-hydroxylation sites is 3. The van der Waals surface area contributed by atoms with Gasteiger partial charge in [0.25, 0.3) is 0 Å². The molecule has 0 spiro atoms. The molecule has 214 valence electrons. The van der Waals surface area contributed by atoms with Crippen LogP contribution in [0.25, 0.3) is 38.6 Å². The van der Waals surface area contributed by atoms with Crippen LogP contribution in [-0.2, 0) is 15.3 Å². The van der Waals surface area contributed by atoms with Crippen LogP contribution in [0.4, 0.5) is 11.4 Å². The molecular weight excluding hydrogens is 561 g/mol. The summed E-state index contributed by atoms with van der Waals surface area (Å²) in [6.45, 7) is 4.49. The molecule has 0 atom stereocenters. The minimum atomic E-state index is -3.71. The number of nitrogens with one attached hydrogen (secondary N) is 1. The summed E-state index contributed by atoms with van der Waals surface area (Å²) < 4.78 is 29.7. The standard InChI is InChI=1S/C39H30N2O2S/c1-39(2)33-13-5-6-14-34(33)40-35-15-9-12-30(38(35)39)26-18-22-28(23-19-26)44(42,43)29-24-20-27(21-25-29)41-36-16-7-3-10-31(36)32-11-4-8-17-37(32)41/h3-25,40H,1-2H3. The average Bonchev–Trinajstić information content (AvgIpc) is 3.39. The van der Waals surface area contributed by atoms with E-state index in [1.807, 2.05) is 54.6 Å². The highest BCUT2D eigenvalue weighted by atomic mass is 32.2. The molecule has 8 rings (SSSR count). The molecule has 0 amide bonds. The van der Waals surface area contributed by atoms with Crippen molar-refractivity contribution in [2.45, 2.75) is 29.1 Å². The number of sulfone groups is 1. The van der Waals surface area contributed by atoms with Gasteiger partial charge in [0.1, 0.15) is 0 Å². The highest BCUT2D eigenvalue weighted by molar-refractivity contribution is 7.91. The van der Waals surface area contributed by atoms with Crippen molar-refractivity contribution in [1.82, 2.24) is 4.57 Å². The van der Waals surface area contributed by atoms with Crippen LogP contribution in [0, 0.1) is 0 Å². The highest BCUT2D eigenvalue weighted by Crippen LogP contribution is 2.49. The monoisotopic (exact) mass is 590 g/mol. The van der Waals surface area contributed by atoms with Crippen molar-refractivity contribution in [3.63, 3.8) is 0 Å². The molecule has 0 saturated carbocycles. The minimum absolute atomic E-state index is 0.226. The van der Waals surface area contributed by atoms with Crippen LogP contribution in [0.15, 0.2) is 149 Å². The molecule has 4 nitrogen and oxygen atoms in total. The smallest absolute Gasteiger partial charge is 0.206 e. The van der Waals surface area contributed by atoms with Crippen LogP contribution in [0.3, 0.4) is 0 Å². The molecule has 0 fully saturated rings. The fourth-order valence-electron chi connectivity index (χ4n) is 6.91. The summed E-state index contributed by atoms with van der Waals surface area (Å²) in [5.41, 5.74) is 9.58. The Labute approximate surface area is 257 Å². The van der Waals surface area contributed by atoms with Gasteiger partial charge in [-0.15, -0.1) is 0 Å². The molecule has 1 aromatic heterocycles. The summed E-state index contributed by atoms with van der Waals surface area (Å²) in [5, 5.41) is 5.94. The normalized spacial score (nSPS) is 13.8. The number of fused-ring (bicyclic) bond motifs is 5. The largest absolute Gasteiger partial charge is 0.355 e. The van der Waals surface area contributed by atoms with Crippen LogP contribution in [0.1, 0.15) is 25.0 Å². The Morgan fingerprint density at radius 2 is 1.11 bits per heavy atom. The van der Waals surface area contributed by atoms with Crippen LogP contribution in [0.2, 0.25) is 0 Å². The number of hydrogen-bond acceptors (Lipinski definition) is 3. The predicted molar refractivity (Wildman–Crippen MR) is 180 cm³/mol.